The Morgan fingerprint density at radius 1 is 0.742 bits per heavy atom. The van der Waals surface area contributed by atoms with Crippen molar-refractivity contribution in [1.29, 1.82) is 0 Å². The Balaban J connectivity index is 3.68. The smallest absolute Gasteiger partial charge is 0.324 e. The monoisotopic (exact) mass is 459 g/mol. The second kappa shape index (κ2) is 20.2. The molecule has 0 saturated heterocycles. The zero-order valence-corrected chi connectivity index (χ0v) is 22.3. The summed E-state index contributed by atoms with van der Waals surface area (Å²) in [5.41, 5.74) is 0. The molecule has 0 saturated carbocycles. The van der Waals surface area contributed by atoms with Crippen molar-refractivity contribution in [2.75, 3.05) is 6.61 Å². The number of ether oxygens (including phenoxy) is 1. The summed E-state index contributed by atoms with van der Waals surface area (Å²) in [5, 5.41) is 0. The van der Waals surface area contributed by atoms with Gasteiger partial charge in [-0.25, -0.2) is 8.93 Å². The minimum Gasteiger partial charge on any atom is -0.465 e. The molecule has 0 fully saturated rings. The van der Waals surface area contributed by atoms with E-state index in [2.05, 4.69) is 11.6 Å². The molecule has 186 valence electrons. The number of rotatable bonds is 21. The largest absolute Gasteiger partial charge is 0.465 e. The van der Waals surface area contributed by atoms with Crippen molar-refractivity contribution in [3.8, 4) is 0 Å². The van der Waals surface area contributed by atoms with Crippen LogP contribution in [0.3, 0.4) is 0 Å². The lowest BCUT2D eigenvalue weighted by atomic mass is 10.0. The molecule has 0 aromatic carbocycles. The molecule has 0 unspecified atom stereocenters. The molecule has 0 bridgehead atoms. The van der Waals surface area contributed by atoms with Crippen molar-refractivity contribution >= 4 is 17.0 Å². The fraction of sp³-hybridized carbons (Fsp3) is 0.962. The van der Waals surface area contributed by atoms with Gasteiger partial charge in [-0.2, -0.15) is 0 Å². The summed E-state index contributed by atoms with van der Waals surface area (Å²) >= 11 is 0. The van der Waals surface area contributed by atoms with Gasteiger partial charge in [0, 0.05) is 0 Å². The highest BCUT2D eigenvalue weighted by atomic mass is 32.2. The maximum absolute atomic E-state index is 12.3. The number of unbranched alkanes of at least 4 members (excludes halogenated alkanes) is 15. The van der Waals surface area contributed by atoms with Gasteiger partial charge in [0.1, 0.15) is 6.04 Å². The Labute approximate surface area is 196 Å². The van der Waals surface area contributed by atoms with E-state index >= 15 is 0 Å². The van der Waals surface area contributed by atoms with Gasteiger partial charge in [0.2, 0.25) is 0 Å². The van der Waals surface area contributed by atoms with Gasteiger partial charge in [0.25, 0.3) is 0 Å². The lowest BCUT2D eigenvalue weighted by Crippen LogP contribution is -2.44. The van der Waals surface area contributed by atoms with Crippen LogP contribution < -0.4 is 4.72 Å². The van der Waals surface area contributed by atoms with E-state index in [1.807, 2.05) is 27.7 Å². The van der Waals surface area contributed by atoms with E-state index in [0.717, 1.165) is 12.8 Å². The van der Waals surface area contributed by atoms with Crippen LogP contribution in [0.5, 0.6) is 0 Å². The predicted molar refractivity (Wildman–Crippen MR) is 136 cm³/mol. The predicted octanol–water partition coefficient (Wildman–Crippen LogP) is 7.62. The Morgan fingerprint density at radius 3 is 1.48 bits per heavy atom. The van der Waals surface area contributed by atoms with E-state index in [1.165, 1.54) is 89.9 Å². The van der Waals surface area contributed by atoms with Crippen molar-refractivity contribution in [2.24, 2.45) is 0 Å². The number of hydrogen-bond acceptors (Lipinski definition) is 3. The highest BCUT2D eigenvalue weighted by molar-refractivity contribution is 7.84. The molecule has 0 rings (SSSR count). The van der Waals surface area contributed by atoms with Crippen LogP contribution in [0.4, 0.5) is 0 Å². The summed E-state index contributed by atoms with van der Waals surface area (Å²) in [6, 6.07) is -0.466. The maximum atomic E-state index is 12.3. The second-order valence-corrected chi connectivity index (χ2v) is 11.9. The van der Waals surface area contributed by atoms with Gasteiger partial charge in [-0.3, -0.25) is 4.79 Å². The first kappa shape index (κ1) is 30.6. The lowest BCUT2D eigenvalue weighted by Gasteiger charge is -2.23. The fourth-order valence-electron chi connectivity index (χ4n) is 3.67. The number of carbonyl (C=O) groups excluding carboxylic acids is 1. The van der Waals surface area contributed by atoms with Crippen LogP contribution in [0.2, 0.25) is 0 Å². The molecule has 0 aromatic rings. The van der Waals surface area contributed by atoms with E-state index in [1.54, 1.807) is 0 Å². The topological polar surface area (TPSA) is 55.4 Å². The average molecular weight is 460 g/mol. The number of nitrogens with one attached hydrogen (secondary N) is 1. The molecule has 0 heterocycles. The maximum Gasteiger partial charge on any atom is 0.324 e. The minimum absolute atomic E-state index is 0.277. The zero-order chi connectivity index (χ0) is 23.4. The molecule has 1 N–H and O–H groups in total. The Kier molecular flexibility index (Phi) is 19.9. The first-order chi connectivity index (χ1) is 14.8. The summed E-state index contributed by atoms with van der Waals surface area (Å²) in [6.45, 7) is 10.2. The molecular formula is C26H53NO3S. The highest BCUT2D eigenvalue weighted by Crippen LogP contribution is 2.16. The summed E-state index contributed by atoms with van der Waals surface area (Å²) in [6.07, 6.45) is 22.0. The van der Waals surface area contributed by atoms with Gasteiger partial charge >= 0.3 is 5.97 Å². The molecule has 4 nitrogen and oxygen atoms in total. The Bertz CT molecular complexity index is 448. The van der Waals surface area contributed by atoms with Crippen LogP contribution in [-0.2, 0) is 20.5 Å². The van der Waals surface area contributed by atoms with Crippen LogP contribution >= 0.6 is 0 Å². The molecule has 0 spiro atoms. The lowest BCUT2D eigenvalue weighted by molar-refractivity contribution is -0.145. The van der Waals surface area contributed by atoms with Crippen LogP contribution in [0.1, 0.15) is 144 Å². The molecular weight excluding hydrogens is 406 g/mol. The molecule has 0 aromatic heterocycles. The van der Waals surface area contributed by atoms with E-state index < -0.39 is 17.0 Å². The third kappa shape index (κ3) is 18.8. The molecule has 31 heavy (non-hydrogen) atoms. The van der Waals surface area contributed by atoms with E-state index in [-0.39, 0.29) is 10.7 Å². The van der Waals surface area contributed by atoms with Crippen molar-refractivity contribution in [2.45, 2.75) is 155 Å². The van der Waals surface area contributed by atoms with Crippen molar-refractivity contribution in [3.63, 3.8) is 0 Å². The third-order valence-electron chi connectivity index (χ3n) is 5.72. The first-order valence-corrected chi connectivity index (χ1v) is 14.3. The van der Waals surface area contributed by atoms with Gasteiger partial charge in [-0.1, -0.05) is 110 Å². The van der Waals surface area contributed by atoms with Crippen LogP contribution in [0.25, 0.3) is 0 Å². The quantitative estimate of drug-likeness (QED) is 0.142. The van der Waals surface area contributed by atoms with Crippen LogP contribution in [0.15, 0.2) is 0 Å². The molecule has 0 amide bonds. The molecule has 2 atom stereocenters. The van der Waals surface area contributed by atoms with Crippen molar-refractivity contribution in [1.82, 2.24) is 4.72 Å². The normalized spacial score (nSPS) is 13.8. The van der Waals surface area contributed by atoms with E-state index in [9.17, 15) is 9.00 Å². The number of carbonyl (C=O) groups is 1. The summed E-state index contributed by atoms with van der Waals surface area (Å²) in [4.78, 5) is 12.2. The number of esters is 1. The average Bonchev–Trinajstić information content (AvgIpc) is 2.71. The SMILES string of the molecule is CCCCCCCCCCCCCCCCCC[C@@H](N[S@](=O)C(C)(C)C)C(=O)OCC. The second-order valence-electron chi connectivity index (χ2n) is 9.90. The van der Waals surface area contributed by atoms with Gasteiger partial charge < -0.3 is 4.74 Å². The standard InChI is InChI=1S/C26H53NO3S/c1-6-8-9-10-11-12-13-14-15-16-17-18-19-20-21-22-23-24(25(28)30-7-2)27-31(29)26(3,4)5/h24,27H,6-23H2,1-5H3/t24-,31-/m1/s1. The molecule has 0 aliphatic heterocycles. The van der Waals surface area contributed by atoms with Gasteiger partial charge in [-0.15, -0.1) is 0 Å². The minimum atomic E-state index is -1.26. The Hall–Kier alpha value is -0.420. The zero-order valence-electron chi connectivity index (χ0n) is 21.4. The summed E-state index contributed by atoms with van der Waals surface area (Å²) in [7, 11) is -1.26. The van der Waals surface area contributed by atoms with Gasteiger partial charge in [0.05, 0.1) is 22.3 Å². The van der Waals surface area contributed by atoms with Crippen LogP contribution in [0, 0.1) is 0 Å². The summed E-state index contributed by atoms with van der Waals surface area (Å²) < 4.78 is 20.1. The fourth-order valence-corrected chi connectivity index (χ4v) is 4.50. The van der Waals surface area contributed by atoms with Crippen molar-refractivity contribution < 1.29 is 13.7 Å². The molecule has 0 aliphatic rings. The van der Waals surface area contributed by atoms with Crippen molar-refractivity contribution in [3.05, 3.63) is 0 Å². The third-order valence-corrected chi connectivity index (χ3v) is 7.33. The first-order valence-electron chi connectivity index (χ1n) is 13.2. The molecule has 5 heteroatoms. The van der Waals surface area contributed by atoms with E-state index in [0.29, 0.717) is 13.0 Å². The highest BCUT2D eigenvalue weighted by Gasteiger charge is 2.27. The van der Waals surface area contributed by atoms with E-state index in [4.69, 9.17) is 4.74 Å². The van der Waals surface area contributed by atoms with Gasteiger partial charge in [0.15, 0.2) is 0 Å². The number of hydrogen-bond donors (Lipinski definition) is 1. The van der Waals surface area contributed by atoms with Crippen LogP contribution in [-0.4, -0.2) is 27.6 Å². The Morgan fingerprint density at radius 2 is 1.13 bits per heavy atom. The van der Waals surface area contributed by atoms with Gasteiger partial charge in [-0.05, 0) is 34.1 Å². The molecule has 0 radical (unpaired) electrons. The molecule has 0 aliphatic carbocycles. The summed E-state index contributed by atoms with van der Waals surface area (Å²) in [5.74, 6) is -0.277.